The smallest absolute Gasteiger partial charge is 0.277 e. The van der Waals surface area contributed by atoms with Crippen molar-refractivity contribution in [1.29, 1.82) is 0 Å². The number of carbonyl (C=O) groups excluding carboxylic acids is 1. The second-order valence-corrected chi connectivity index (χ2v) is 7.54. The number of rotatable bonds is 7. The van der Waals surface area contributed by atoms with Gasteiger partial charge in [0.15, 0.2) is 6.61 Å². The molecule has 148 valence electrons. The molecule has 3 aromatic carbocycles. The van der Waals surface area contributed by atoms with Crippen LogP contribution in [0.25, 0.3) is 11.1 Å². The van der Waals surface area contributed by atoms with Crippen LogP contribution in [0.15, 0.2) is 82.4 Å². The normalized spacial score (nSPS) is 11.2. The van der Waals surface area contributed by atoms with Gasteiger partial charge in [-0.15, -0.1) is 0 Å². The van der Waals surface area contributed by atoms with Crippen molar-refractivity contribution in [1.82, 2.24) is 5.43 Å². The van der Waals surface area contributed by atoms with Crippen LogP contribution >= 0.6 is 27.5 Å². The first-order valence-corrected chi connectivity index (χ1v) is 10.3. The summed E-state index contributed by atoms with van der Waals surface area (Å²) in [5, 5.41) is 4.86. The molecule has 0 saturated heterocycles. The first-order chi connectivity index (χ1) is 14.1. The van der Waals surface area contributed by atoms with Crippen molar-refractivity contribution in [2.24, 2.45) is 5.10 Å². The first-order valence-electron chi connectivity index (χ1n) is 9.16. The van der Waals surface area contributed by atoms with E-state index < -0.39 is 0 Å². The van der Waals surface area contributed by atoms with Crippen molar-refractivity contribution in [3.05, 3.63) is 87.9 Å². The molecule has 0 atom stereocenters. The third kappa shape index (κ3) is 5.92. The molecule has 3 aromatic rings. The monoisotopic (exact) mass is 470 g/mol. The number of nitrogens with zero attached hydrogens (tertiary/aromatic N) is 1. The maximum Gasteiger partial charge on any atom is 0.277 e. The zero-order chi connectivity index (χ0) is 20.6. The van der Waals surface area contributed by atoms with Gasteiger partial charge in [0.25, 0.3) is 5.91 Å². The Bertz CT molecular complexity index is 1010. The Kier molecular flexibility index (Phi) is 7.44. The number of nitrogens with one attached hydrogen (secondary N) is 1. The first kappa shape index (κ1) is 21.1. The Labute approximate surface area is 183 Å². The fourth-order valence-corrected chi connectivity index (χ4v) is 3.53. The standard InChI is InChI=1S/C23H20BrClN2O2/c1-2-21(18-10-8-17(9-11-18)16-6-4-3-5-7-16)26-27-23(28)15-29-22-13-12-19(25)14-20(22)24/h3-14H,2,15H2,1H3,(H,27,28). The predicted molar refractivity (Wildman–Crippen MR) is 121 cm³/mol. The van der Waals surface area contributed by atoms with Crippen LogP contribution in [0, 0.1) is 0 Å². The van der Waals surface area contributed by atoms with Crippen molar-refractivity contribution in [2.75, 3.05) is 6.61 Å². The molecule has 6 heteroatoms. The van der Waals surface area contributed by atoms with Gasteiger partial charge in [0.1, 0.15) is 5.75 Å². The van der Waals surface area contributed by atoms with Gasteiger partial charge in [-0.05, 0) is 57.2 Å². The maximum absolute atomic E-state index is 12.1. The number of halogens is 2. The van der Waals surface area contributed by atoms with Crippen LogP contribution in [0.4, 0.5) is 0 Å². The van der Waals surface area contributed by atoms with Crippen LogP contribution in [0.1, 0.15) is 18.9 Å². The van der Waals surface area contributed by atoms with Crippen LogP contribution in [0.3, 0.4) is 0 Å². The summed E-state index contributed by atoms with van der Waals surface area (Å²) in [5.41, 5.74) is 6.62. The van der Waals surface area contributed by atoms with Gasteiger partial charge < -0.3 is 4.74 Å². The molecule has 1 N–H and O–H groups in total. The molecule has 0 fully saturated rings. The Morgan fingerprint density at radius 3 is 2.38 bits per heavy atom. The Balaban J connectivity index is 1.61. The van der Waals surface area contributed by atoms with Gasteiger partial charge in [-0.3, -0.25) is 4.79 Å². The molecule has 0 radical (unpaired) electrons. The van der Waals surface area contributed by atoms with Crippen LogP contribution in [-0.2, 0) is 4.79 Å². The molecule has 0 heterocycles. The molecule has 0 aromatic heterocycles. The van der Waals surface area contributed by atoms with Crippen LogP contribution in [0.5, 0.6) is 5.75 Å². The lowest BCUT2D eigenvalue weighted by Gasteiger charge is -2.09. The Morgan fingerprint density at radius 2 is 1.72 bits per heavy atom. The van der Waals surface area contributed by atoms with E-state index in [1.54, 1.807) is 18.2 Å². The molecule has 0 spiro atoms. The van der Waals surface area contributed by atoms with Gasteiger partial charge in [-0.2, -0.15) is 5.10 Å². The summed E-state index contributed by atoms with van der Waals surface area (Å²) in [6.07, 6.45) is 0.689. The van der Waals surface area contributed by atoms with Gasteiger partial charge >= 0.3 is 0 Å². The third-order valence-electron chi connectivity index (χ3n) is 4.23. The van der Waals surface area contributed by atoms with Crippen LogP contribution < -0.4 is 10.2 Å². The summed E-state index contributed by atoms with van der Waals surface area (Å²) in [6, 6.07) is 23.4. The van der Waals surface area contributed by atoms with E-state index in [1.165, 1.54) is 0 Å². The van der Waals surface area contributed by atoms with Crippen LogP contribution in [0.2, 0.25) is 5.02 Å². The Hall–Kier alpha value is -2.63. The SMILES string of the molecule is CCC(=NNC(=O)COc1ccc(Cl)cc1Br)c1ccc(-c2ccccc2)cc1. The average molecular weight is 472 g/mol. The van der Waals surface area contributed by atoms with E-state index in [4.69, 9.17) is 16.3 Å². The highest BCUT2D eigenvalue weighted by atomic mass is 79.9. The third-order valence-corrected chi connectivity index (χ3v) is 5.08. The lowest BCUT2D eigenvalue weighted by atomic mass is 10.0. The highest BCUT2D eigenvalue weighted by Gasteiger charge is 2.07. The zero-order valence-electron chi connectivity index (χ0n) is 15.9. The van der Waals surface area contributed by atoms with E-state index in [9.17, 15) is 4.79 Å². The summed E-state index contributed by atoms with van der Waals surface area (Å²) in [6.45, 7) is 1.85. The van der Waals surface area contributed by atoms with E-state index in [1.807, 2.05) is 37.3 Å². The van der Waals surface area contributed by atoms with Crippen molar-refractivity contribution in [2.45, 2.75) is 13.3 Å². The number of amides is 1. The predicted octanol–water partition coefficient (Wildman–Crippen LogP) is 6.08. The maximum atomic E-state index is 12.1. The molecule has 29 heavy (non-hydrogen) atoms. The average Bonchev–Trinajstić information content (AvgIpc) is 2.74. The lowest BCUT2D eigenvalue weighted by Crippen LogP contribution is -2.26. The van der Waals surface area contributed by atoms with Crippen molar-refractivity contribution < 1.29 is 9.53 Å². The van der Waals surface area contributed by atoms with Gasteiger partial charge in [-0.25, -0.2) is 5.43 Å². The summed E-state index contributed by atoms with van der Waals surface area (Å²) >= 11 is 9.26. The molecule has 0 saturated carbocycles. The summed E-state index contributed by atoms with van der Waals surface area (Å²) in [7, 11) is 0. The lowest BCUT2D eigenvalue weighted by molar-refractivity contribution is -0.123. The van der Waals surface area contributed by atoms with E-state index >= 15 is 0 Å². The summed E-state index contributed by atoms with van der Waals surface area (Å²) in [5.74, 6) is 0.208. The minimum absolute atomic E-state index is 0.145. The molecule has 0 aliphatic heterocycles. The number of benzene rings is 3. The summed E-state index contributed by atoms with van der Waals surface area (Å²) in [4.78, 5) is 12.1. The van der Waals surface area contributed by atoms with Crippen molar-refractivity contribution in [3.8, 4) is 16.9 Å². The van der Waals surface area contributed by atoms with Crippen molar-refractivity contribution >= 4 is 39.1 Å². The van der Waals surface area contributed by atoms with E-state index in [0.29, 0.717) is 21.7 Å². The highest BCUT2D eigenvalue weighted by molar-refractivity contribution is 9.10. The molecule has 4 nitrogen and oxygen atoms in total. The largest absolute Gasteiger partial charge is 0.483 e. The molecule has 0 unspecified atom stereocenters. The van der Waals surface area contributed by atoms with Crippen LogP contribution in [-0.4, -0.2) is 18.2 Å². The molecular weight excluding hydrogens is 452 g/mol. The quantitative estimate of drug-likeness (QED) is 0.335. The van der Waals surface area contributed by atoms with Gasteiger partial charge in [0.05, 0.1) is 10.2 Å². The fourth-order valence-electron chi connectivity index (χ4n) is 2.73. The second-order valence-electron chi connectivity index (χ2n) is 6.25. The number of carbonyl (C=O) groups is 1. The molecule has 3 rings (SSSR count). The number of hydrazone groups is 1. The molecule has 0 aliphatic rings. The van der Waals surface area contributed by atoms with E-state index in [2.05, 4.69) is 50.7 Å². The topological polar surface area (TPSA) is 50.7 Å². The number of hydrogen-bond donors (Lipinski definition) is 1. The van der Waals surface area contributed by atoms with E-state index in [-0.39, 0.29) is 12.5 Å². The molecule has 0 bridgehead atoms. The zero-order valence-corrected chi connectivity index (χ0v) is 18.2. The molecular formula is C23H20BrClN2O2. The molecule has 1 amide bonds. The van der Waals surface area contributed by atoms with Crippen molar-refractivity contribution in [3.63, 3.8) is 0 Å². The number of hydrogen-bond acceptors (Lipinski definition) is 3. The summed E-state index contributed by atoms with van der Waals surface area (Å²) < 4.78 is 6.19. The number of ether oxygens (including phenoxy) is 1. The highest BCUT2D eigenvalue weighted by Crippen LogP contribution is 2.27. The Morgan fingerprint density at radius 1 is 1.03 bits per heavy atom. The van der Waals surface area contributed by atoms with Gasteiger partial charge in [0.2, 0.25) is 0 Å². The minimum atomic E-state index is -0.335. The van der Waals surface area contributed by atoms with E-state index in [0.717, 1.165) is 22.4 Å². The fraction of sp³-hybridized carbons (Fsp3) is 0.130. The van der Waals surface area contributed by atoms with Gasteiger partial charge in [0, 0.05) is 5.02 Å². The second kappa shape index (κ2) is 10.2. The minimum Gasteiger partial charge on any atom is -0.483 e. The molecule has 0 aliphatic carbocycles. The van der Waals surface area contributed by atoms with Gasteiger partial charge in [-0.1, -0.05) is 73.1 Å².